The minimum atomic E-state index is -0.828. The molecule has 3 aromatic carbocycles. The molecule has 0 atom stereocenters. The molecule has 0 aliphatic carbocycles. The third-order valence-electron chi connectivity index (χ3n) is 4.39. The molecular formula is C23H18Cl2O5. The Morgan fingerprint density at radius 2 is 1.50 bits per heavy atom. The van der Waals surface area contributed by atoms with Gasteiger partial charge in [-0.05, 0) is 40.1 Å². The van der Waals surface area contributed by atoms with Crippen molar-refractivity contribution < 1.29 is 23.8 Å². The molecule has 0 aromatic heterocycles. The topological polar surface area (TPSA) is 61.8 Å². The van der Waals surface area contributed by atoms with Crippen molar-refractivity contribution in [2.24, 2.45) is 0 Å². The molecule has 154 valence electrons. The van der Waals surface area contributed by atoms with Crippen molar-refractivity contribution in [1.29, 1.82) is 0 Å². The first kappa shape index (κ1) is 21.7. The minimum Gasteiger partial charge on any atom is -0.486 e. The average Bonchev–Trinajstić information content (AvgIpc) is 2.76. The highest BCUT2D eigenvalue weighted by Crippen LogP contribution is 2.36. The van der Waals surface area contributed by atoms with E-state index in [-0.39, 0.29) is 22.2 Å². The minimum absolute atomic E-state index is 0.239. The Kier molecular flexibility index (Phi) is 6.98. The third kappa shape index (κ3) is 4.75. The highest BCUT2D eigenvalue weighted by atomic mass is 35.5. The van der Waals surface area contributed by atoms with E-state index >= 15 is 0 Å². The van der Waals surface area contributed by atoms with Crippen LogP contribution < -0.4 is 4.74 Å². The Morgan fingerprint density at radius 3 is 2.13 bits per heavy atom. The first-order valence-corrected chi connectivity index (χ1v) is 9.67. The van der Waals surface area contributed by atoms with Crippen molar-refractivity contribution in [3.05, 3.63) is 81.3 Å². The number of carbonyl (C=O) groups excluding carboxylic acids is 2. The summed E-state index contributed by atoms with van der Waals surface area (Å²) < 4.78 is 15.1. The molecule has 0 radical (unpaired) electrons. The maximum atomic E-state index is 11.8. The number of hydrogen-bond donors (Lipinski definition) is 0. The first-order valence-electron chi connectivity index (χ1n) is 8.91. The summed E-state index contributed by atoms with van der Waals surface area (Å²) >= 11 is 12.7. The van der Waals surface area contributed by atoms with Crippen LogP contribution in [0.15, 0.2) is 60.2 Å². The van der Waals surface area contributed by atoms with Gasteiger partial charge in [0.1, 0.15) is 12.2 Å². The smallest absolute Gasteiger partial charge is 0.345 e. The van der Waals surface area contributed by atoms with E-state index in [0.29, 0.717) is 11.3 Å². The zero-order chi connectivity index (χ0) is 21.7. The van der Waals surface area contributed by atoms with Crippen LogP contribution in [-0.4, -0.2) is 26.2 Å². The fraction of sp³-hybridized carbons (Fsp3) is 0.130. The van der Waals surface area contributed by atoms with Gasteiger partial charge in [-0.25, -0.2) is 9.59 Å². The predicted octanol–water partition coefficient (Wildman–Crippen LogP) is 5.46. The van der Waals surface area contributed by atoms with Crippen LogP contribution in [0, 0.1) is 0 Å². The molecule has 0 spiro atoms. The highest BCUT2D eigenvalue weighted by molar-refractivity contribution is 6.37. The van der Waals surface area contributed by atoms with Gasteiger partial charge < -0.3 is 14.2 Å². The number of carbonyl (C=O) groups is 2. The van der Waals surface area contributed by atoms with Gasteiger partial charge in [0.25, 0.3) is 0 Å². The average molecular weight is 445 g/mol. The summed E-state index contributed by atoms with van der Waals surface area (Å²) in [6.45, 7) is 0.269. The van der Waals surface area contributed by atoms with Crippen LogP contribution in [0.25, 0.3) is 16.8 Å². The lowest BCUT2D eigenvalue weighted by atomic mass is 10.1. The quantitative estimate of drug-likeness (QED) is 0.218. The SMILES string of the molecule is COC(=O)C(=Cc1cc(Cl)c(OCc2cccc3ccccc23)c(Cl)c1)C(=O)OC. The first-order chi connectivity index (χ1) is 14.4. The molecule has 0 unspecified atom stereocenters. The van der Waals surface area contributed by atoms with Gasteiger partial charge in [-0.15, -0.1) is 0 Å². The van der Waals surface area contributed by atoms with E-state index in [4.69, 9.17) is 27.9 Å². The van der Waals surface area contributed by atoms with Gasteiger partial charge in [0.2, 0.25) is 0 Å². The van der Waals surface area contributed by atoms with Gasteiger partial charge in [-0.1, -0.05) is 65.7 Å². The summed E-state index contributed by atoms with van der Waals surface area (Å²) in [6, 6.07) is 17.0. The lowest BCUT2D eigenvalue weighted by Crippen LogP contribution is -2.15. The van der Waals surface area contributed by atoms with E-state index in [2.05, 4.69) is 9.47 Å². The predicted molar refractivity (Wildman–Crippen MR) is 117 cm³/mol. The van der Waals surface area contributed by atoms with Crippen LogP contribution in [0.5, 0.6) is 5.75 Å². The molecule has 0 bridgehead atoms. The van der Waals surface area contributed by atoms with Crippen molar-refractivity contribution in [3.63, 3.8) is 0 Å². The van der Waals surface area contributed by atoms with E-state index < -0.39 is 11.9 Å². The number of ether oxygens (including phenoxy) is 3. The molecule has 0 saturated carbocycles. The zero-order valence-corrected chi connectivity index (χ0v) is 17.8. The van der Waals surface area contributed by atoms with Gasteiger partial charge in [0.05, 0.1) is 24.3 Å². The molecule has 0 fully saturated rings. The summed E-state index contributed by atoms with van der Waals surface area (Å²) in [7, 11) is 2.34. The molecule has 0 aliphatic rings. The molecular weight excluding hydrogens is 427 g/mol. The summed E-state index contributed by atoms with van der Waals surface area (Å²) in [5, 5.41) is 2.66. The Bertz CT molecular complexity index is 1090. The van der Waals surface area contributed by atoms with Crippen LogP contribution in [0.4, 0.5) is 0 Å². The van der Waals surface area contributed by atoms with Gasteiger partial charge >= 0.3 is 11.9 Å². The molecule has 3 aromatic rings. The number of hydrogen-bond acceptors (Lipinski definition) is 5. The highest BCUT2D eigenvalue weighted by Gasteiger charge is 2.20. The van der Waals surface area contributed by atoms with Crippen molar-refractivity contribution in [2.45, 2.75) is 6.61 Å². The normalized spacial score (nSPS) is 10.4. The number of methoxy groups -OCH3 is 2. The Morgan fingerprint density at radius 1 is 0.900 bits per heavy atom. The molecule has 0 amide bonds. The van der Waals surface area contributed by atoms with Crippen molar-refractivity contribution in [1.82, 2.24) is 0 Å². The molecule has 0 N–H and O–H groups in total. The molecule has 30 heavy (non-hydrogen) atoms. The van der Waals surface area contributed by atoms with Crippen LogP contribution in [0.3, 0.4) is 0 Å². The third-order valence-corrected chi connectivity index (χ3v) is 4.96. The number of fused-ring (bicyclic) bond motifs is 1. The summed E-state index contributed by atoms with van der Waals surface area (Å²) in [5.74, 6) is -1.35. The molecule has 0 saturated heterocycles. The summed E-state index contributed by atoms with van der Waals surface area (Å²) in [4.78, 5) is 23.7. The summed E-state index contributed by atoms with van der Waals surface area (Å²) in [6.07, 6.45) is 1.30. The molecule has 7 heteroatoms. The maximum Gasteiger partial charge on any atom is 0.345 e. The molecule has 3 rings (SSSR count). The van der Waals surface area contributed by atoms with Crippen LogP contribution in [0.2, 0.25) is 10.0 Å². The van der Waals surface area contributed by atoms with Gasteiger partial charge in [0, 0.05) is 0 Å². The fourth-order valence-corrected chi connectivity index (χ4v) is 3.57. The largest absolute Gasteiger partial charge is 0.486 e. The van der Waals surface area contributed by atoms with Crippen molar-refractivity contribution in [3.8, 4) is 5.75 Å². The monoisotopic (exact) mass is 444 g/mol. The standard InChI is InChI=1S/C23H18Cl2O5/c1-28-22(26)18(23(27)29-2)10-14-11-19(24)21(20(25)12-14)30-13-16-8-5-7-15-6-3-4-9-17(15)16/h3-12H,13H2,1-2H3. The number of rotatable bonds is 6. The lowest BCUT2D eigenvalue weighted by Gasteiger charge is -2.13. The van der Waals surface area contributed by atoms with E-state index in [9.17, 15) is 9.59 Å². The van der Waals surface area contributed by atoms with Crippen LogP contribution >= 0.6 is 23.2 Å². The van der Waals surface area contributed by atoms with Crippen LogP contribution in [0.1, 0.15) is 11.1 Å². The summed E-state index contributed by atoms with van der Waals surface area (Å²) in [5.41, 5.74) is 1.13. The van der Waals surface area contributed by atoms with E-state index in [1.165, 1.54) is 32.4 Å². The van der Waals surface area contributed by atoms with Gasteiger partial charge in [-0.2, -0.15) is 0 Å². The fourth-order valence-electron chi connectivity index (χ4n) is 2.96. The van der Waals surface area contributed by atoms with Crippen LogP contribution in [-0.2, 0) is 25.7 Å². The van der Waals surface area contributed by atoms with E-state index in [1.807, 2.05) is 42.5 Å². The second-order valence-corrected chi connectivity index (χ2v) is 7.10. The van der Waals surface area contributed by atoms with E-state index in [1.54, 1.807) is 0 Å². The Balaban J connectivity index is 1.88. The molecule has 0 aliphatic heterocycles. The second-order valence-electron chi connectivity index (χ2n) is 6.28. The van der Waals surface area contributed by atoms with Gasteiger partial charge in [-0.3, -0.25) is 0 Å². The van der Waals surface area contributed by atoms with Crippen molar-refractivity contribution in [2.75, 3.05) is 14.2 Å². The van der Waals surface area contributed by atoms with Crippen molar-refractivity contribution >= 4 is 52.0 Å². The number of benzene rings is 3. The zero-order valence-electron chi connectivity index (χ0n) is 16.3. The lowest BCUT2D eigenvalue weighted by molar-refractivity contribution is -0.143. The Labute approximate surface area is 183 Å². The number of esters is 2. The van der Waals surface area contributed by atoms with E-state index in [0.717, 1.165) is 16.3 Å². The van der Waals surface area contributed by atoms with Gasteiger partial charge in [0.15, 0.2) is 5.75 Å². The number of halogens is 2. The Hall–Kier alpha value is -3.02. The second kappa shape index (κ2) is 9.65. The molecule has 0 heterocycles. The maximum absolute atomic E-state index is 11.8. The molecule has 5 nitrogen and oxygen atoms in total.